The molecule has 9 rings (SSSR count). The largest absolute Gasteiger partial charge is 0.440 e. The van der Waals surface area contributed by atoms with Gasteiger partial charge in [0.1, 0.15) is 11.2 Å². The maximum atomic E-state index is 6.31. The number of aromatic amines is 1. The van der Waals surface area contributed by atoms with E-state index >= 15 is 0 Å². The summed E-state index contributed by atoms with van der Waals surface area (Å²) >= 11 is 0. The van der Waals surface area contributed by atoms with Gasteiger partial charge in [-0.15, -0.1) is 0 Å². The molecule has 0 saturated carbocycles. The first kappa shape index (κ1) is 20.7. The lowest BCUT2D eigenvalue weighted by Gasteiger charge is -2.04. The number of rotatable bonds is 2. The van der Waals surface area contributed by atoms with E-state index in [4.69, 9.17) is 8.83 Å². The van der Waals surface area contributed by atoms with Gasteiger partial charge in [0.05, 0.1) is 10.8 Å². The topological polar surface area (TPSA) is 42.1 Å². The highest BCUT2D eigenvalue weighted by Crippen LogP contribution is 2.42. The Labute approximate surface area is 222 Å². The van der Waals surface area contributed by atoms with Crippen LogP contribution in [0, 0.1) is 0 Å². The van der Waals surface area contributed by atoms with Crippen LogP contribution in [0.4, 0.5) is 0 Å². The second-order valence-corrected chi connectivity index (χ2v) is 10.3. The highest BCUT2D eigenvalue weighted by atomic mass is 16.4. The van der Waals surface area contributed by atoms with Crippen molar-refractivity contribution in [2.45, 2.75) is 0 Å². The quantitative estimate of drug-likeness (QED) is 0.257. The highest BCUT2D eigenvalue weighted by molar-refractivity contribution is 6.26. The number of aromatic nitrogens is 1. The Kier molecular flexibility index (Phi) is 4.05. The molecule has 0 amide bonds. The predicted molar refractivity (Wildman–Crippen MR) is 161 cm³/mol. The van der Waals surface area contributed by atoms with Gasteiger partial charge in [0.15, 0.2) is 0 Å². The van der Waals surface area contributed by atoms with Crippen LogP contribution in [-0.4, -0.2) is 4.98 Å². The fourth-order valence-electron chi connectivity index (χ4n) is 6.07. The lowest BCUT2D eigenvalue weighted by Crippen LogP contribution is -1.79. The molecule has 0 unspecified atom stereocenters. The van der Waals surface area contributed by atoms with Crippen molar-refractivity contribution >= 4 is 65.7 Å². The number of H-pyrrole nitrogens is 1. The molecular weight excluding hydrogens is 478 g/mol. The van der Waals surface area contributed by atoms with Crippen LogP contribution >= 0.6 is 0 Å². The van der Waals surface area contributed by atoms with Gasteiger partial charge in [0.2, 0.25) is 11.4 Å². The van der Waals surface area contributed by atoms with Gasteiger partial charge in [-0.1, -0.05) is 84.9 Å². The van der Waals surface area contributed by atoms with Gasteiger partial charge in [0, 0.05) is 10.8 Å². The van der Waals surface area contributed by atoms with Crippen molar-refractivity contribution < 1.29 is 8.83 Å². The van der Waals surface area contributed by atoms with Crippen molar-refractivity contribution in [2.75, 3.05) is 0 Å². The van der Waals surface area contributed by atoms with Crippen molar-refractivity contribution in [1.82, 2.24) is 4.98 Å². The minimum atomic E-state index is 0.745. The SMILES string of the molecule is c1ccc2cc(-c3ccc4c(c3)oc3[nH]c5oc6cc(-c7ccc8ccccc8c7)ccc6c5c34)ccc2c1. The van der Waals surface area contributed by atoms with Crippen molar-refractivity contribution in [3.05, 3.63) is 121 Å². The Hall–Kier alpha value is -5.28. The Balaban J connectivity index is 1.18. The van der Waals surface area contributed by atoms with E-state index in [1.807, 2.05) is 0 Å². The van der Waals surface area contributed by atoms with E-state index in [2.05, 4.69) is 126 Å². The zero-order chi connectivity index (χ0) is 25.5. The zero-order valence-corrected chi connectivity index (χ0v) is 20.9. The Morgan fingerprint density at radius 3 is 1.28 bits per heavy atom. The first-order valence-electron chi connectivity index (χ1n) is 13.2. The van der Waals surface area contributed by atoms with Crippen LogP contribution in [0.2, 0.25) is 0 Å². The average molecular weight is 500 g/mol. The molecule has 182 valence electrons. The minimum absolute atomic E-state index is 0.745. The summed E-state index contributed by atoms with van der Waals surface area (Å²) in [4.78, 5) is 3.39. The van der Waals surface area contributed by atoms with Gasteiger partial charge in [0.25, 0.3) is 0 Å². The van der Waals surface area contributed by atoms with Crippen molar-refractivity contribution in [2.24, 2.45) is 0 Å². The summed E-state index contributed by atoms with van der Waals surface area (Å²) in [5.41, 5.74) is 7.85. The minimum Gasteiger partial charge on any atom is -0.440 e. The molecule has 6 aromatic carbocycles. The molecule has 3 nitrogen and oxygen atoms in total. The molecule has 39 heavy (non-hydrogen) atoms. The first-order valence-corrected chi connectivity index (χ1v) is 13.2. The second kappa shape index (κ2) is 7.62. The molecule has 3 heteroatoms. The van der Waals surface area contributed by atoms with Crippen LogP contribution in [0.25, 0.3) is 87.9 Å². The Morgan fingerprint density at radius 1 is 0.385 bits per heavy atom. The molecule has 9 aromatic rings. The van der Waals surface area contributed by atoms with Crippen LogP contribution in [0.1, 0.15) is 0 Å². The number of fused-ring (bicyclic) bond motifs is 9. The normalized spacial score (nSPS) is 12.1. The first-order chi connectivity index (χ1) is 19.3. The molecule has 3 heterocycles. The Bertz CT molecular complexity index is 2230. The summed E-state index contributed by atoms with van der Waals surface area (Å²) in [6.07, 6.45) is 0. The number of hydrogen-bond donors (Lipinski definition) is 1. The Morgan fingerprint density at radius 2 is 0.795 bits per heavy atom. The van der Waals surface area contributed by atoms with Gasteiger partial charge in [-0.2, -0.15) is 0 Å². The fourth-order valence-corrected chi connectivity index (χ4v) is 6.07. The second-order valence-electron chi connectivity index (χ2n) is 10.3. The summed E-state index contributed by atoms with van der Waals surface area (Å²) in [5.74, 6) is 0. The van der Waals surface area contributed by atoms with Crippen molar-refractivity contribution in [1.29, 1.82) is 0 Å². The van der Waals surface area contributed by atoms with E-state index < -0.39 is 0 Å². The summed E-state index contributed by atoms with van der Waals surface area (Å²) in [6, 6.07) is 43.0. The fraction of sp³-hybridized carbons (Fsp3) is 0. The van der Waals surface area contributed by atoms with E-state index in [0.29, 0.717) is 0 Å². The van der Waals surface area contributed by atoms with Gasteiger partial charge >= 0.3 is 0 Å². The molecular formula is C36H21NO2. The number of hydrogen-bond acceptors (Lipinski definition) is 2. The summed E-state index contributed by atoms with van der Waals surface area (Å²) in [5, 5.41) is 9.26. The van der Waals surface area contributed by atoms with Crippen LogP contribution < -0.4 is 0 Å². The molecule has 0 aliphatic heterocycles. The van der Waals surface area contributed by atoms with Crippen LogP contribution in [0.5, 0.6) is 0 Å². The van der Waals surface area contributed by atoms with Gasteiger partial charge < -0.3 is 8.83 Å². The summed E-state index contributed by atoms with van der Waals surface area (Å²) < 4.78 is 12.6. The third kappa shape index (κ3) is 3.04. The number of benzene rings is 6. The lowest BCUT2D eigenvalue weighted by atomic mass is 9.99. The molecule has 0 aliphatic carbocycles. The molecule has 0 spiro atoms. The van der Waals surface area contributed by atoms with Gasteiger partial charge in [-0.25, -0.2) is 0 Å². The lowest BCUT2D eigenvalue weighted by molar-refractivity contribution is 0.634. The standard InChI is InChI=1S/C36H21NO2/c1-3-7-23-17-25(11-9-21(23)5-1)27-13-15-29-31(19-27)38-35-33(29)34-30-16-14-28(20-32(30)39-36(34)37-35)26-12-10-22-6-2-4-8-24(22)18-26/h1-20,37H. The molecule has 0 radical (unpaired) electrons. The molecule has 0 saturated heterocycles. The smallest absolute Gasteiger partial charge is 0.209 e. The number of furan rings is 2. The number of nitrogens with one attached hydrogen (secondary N) is 1. The zero-order valence-electron chi connectivity index (χ0n) is 20.9. The predicted octanol–water partition coefficient (Wildman–Crippen LogP) is 10.5. The van der Waals surface area contributed by atoms with E-state index in [0.717, 1.165) is 55.3 Å². The van der Waals surface area contributed by atoms with Gasteiger partial charge in [-0.3, -0.25) is 4.98 Å². The maximum Gasteiger partial charge on any atom is 0.209 e. The maximum absolute atomic E-state index is 6.31. The van der Waals surface area contributed by atoms with E-state index in [9.17, 15) is 0 Å². The molecule has 3 aromatic heterocycles. The average Bonchev–Trinajstić information content (AvgIpc) is 3.63. The molecule has 0 fully saturated rings. The van der Waals surface area contributed by atoms with Crippen molar-refractivity contribution in [3.63, 3.8) is 0 Å². The summed E-state index contributed by atoms with van der Waals surface area (Å²) in [7, 11) is 0. The van der Waals surface area contributed by atoms with E-state index in [1.54, 1.807) is 0 Å². The van der Waals surface area contributed by atoms with Crippen LogP contribution in [0.3, 0.4) is 0 Å². The summed E-state index contributed by atoms with van der Waals surface area (Å²) in [6.45, 7) is 0. The van der Waals surface area contributed by atoms with Crippen molar-refractivity contribution in [3.8, 4) is 22.3 Å². The monoisotopic (exact) mass is 499 g/mol. The van der Waals surface area contributed by atoms with Gasteiger partial charge in [-0.05, 0) is 80.2 Å². The van der Waals surface area contributed by atoms with Crippen LogP contribution in [0.15, 0.2) is 130 Å². The third-order valence-electron chi connectivity index (χ3n) is 8.02. The molecule has 0 bridgehead atoms. The van der Waals surface area contributed by atoms with E-state index in [-0.39, 0.29) is 0 Å². The molecule has 1 N–H and O–H groups in total. The third-order valence-corrected chi connectivity index (χ3v) is 8.02. The van der Waals surface area contributed by atoms with E-state index in [1.165, 1.54) is 32.7 Å². The molecule has 0 aliphatic rings. The highest BCUT2D eigenvalue weighted by Gasteiger charge is 2.20. The molecule has 0 atom stereocenters. The van der Waals surface area contributed by atoms with Crippen LogP contribution in [-0.2, 0) is 0 Å².